The molecule has 0 saturated carbocycles. The van der Waals surface area contributed by atoms with Crippen molar-refractivity contribution < 1.29 is 0 Å². The molecule has 104 valence electrons. The fourth-order valence-electron chi connectivity index (χ4n) is 2.72. The molecule has 1 aromatic carbocycles. The number of benzene rings is 1. The van der Waals surface area contributed by atoms with Crippen molar-refractivity contribution in [2.45, 2.75) is 25.4 Å². The van der Waals surface area contributed by atoms with E-state index in [4.69, 9.17) is 17.3 Å². The molecule has 2 nitrogen and oxygen atoms in total. The van der Waals surface area contributed by atoms with Crippen molar-refractivity contribution in [3.05, 3.63) is 34.2 Å². The molecule has 1 saturated heterocycles. The van der Waals surface area contributed by atoms with Gasteiger partial charge in [0.15, 0.2) is 0 Å². The maximum Gasteiger partial charge on any atom is 0.0637 e. The van der Waals surface area contributed by atoms with Gasteiger partial charge in [-0.05, 0) is 25.5 Å². The van der Waals surface area contributed by atoms with Crippen molar-refractivity contribution in [1.82, 2.24) is 4.90 Å². The van der Waals surface area contributed by atoms with Crippen molar-refractivity contribution in [2.75, 3.05) is 13.1 Å². The number of halogens is 2. The Bertz CT molecular complexity index is 555. The zero-order chi connectivity index (χ0) is 12.5. The number of nitrogens with two attached hydrogens (primary N) is 1. The molecule has 1 aliphatic rings. The van der Waals surface area contributed by atoms with E-state index in [1.165, 1.54) is 27.8 Å². The molecular formula is C14H18Cl2N2S. The highest BCUT2D eigenvalue weighted by Gasteiger charge is 2.24. The van der Waals surface area contributed by atoms with E-state index in [1.807, 2.05) is 17.4 Å². The predicted octanol–water partition coefficient (Wildman–Crippen LogP) is 3.90. The zero-order valence-corrected chi connectivity index (χ0v) is 13.0. The molecule has 2 aromatic rings. The number of nitrogens with zero attached hydrogens (tertiary/aromatic N) is 1. The summed E-state index contributed by atoms with van der Waals surface area (Å²) < 4.78 is 1.28. The van der Waals surface area contributed by atoms with Crippen LogP contribution in [0.2, 0.25) is 5.02 Å². The summed E-state index contributed by atoms with van der Waals surface area (Å²) in [6.45, 7) is 2.84. The van der Waals surface area contributed by atoms with E-state index in [0.29, 0.717) is 6.04 Å². The van der Waals surface area contributed by atoms with E-state index in [-0.39, 0.29) is 12.4 Å². The molecule has 1 aliphatic heterocycles. The molecule has 1 atom stereocenters. The lowest BCUT2D eigenvalue weighted by molar-refractivity contribution is 0.252. The summed E-state index contributed by atoms with van der Waals surface area (Å²) >= 11 is 8.29. The van der Waals surface area contributed by atoms with E-state index in [1.54, 1.807) is 0 Å². The highest BCUT2D eigenvalue weighted by Crippen LogP contribution is 2.36. The van der Waals surface area contributed by atoms with Crippen LogP contribution in [0.25, 0.3) is 10.1 Å². The van der Waals surface area contributed by atoms with Crippen molar-refractivity contribution in [3.63, 3.8) is 0 Å². The third kappa shape index (κ3) is 2.91. The number of thiophene rings is 1. The van der Waals surface area contributed by atoms with Crippen molar-refractivity contribution in [3.8, 4) is 0 Å². The van der Waals surface area contributed by atoms with Gasteiger partial charge in [-0.2, -0.15) is 0 Å². The minimum absolute atomic E-state index is 0. The lowest BCUT2D eigenvalue weighted by Crippen LogP contribution is -2.34. The molecule has 1 fully saturated rings. The summed E-state index contributed by atoms with van der Waals surface area (Å²) in [6.07, 6.45) is 2.48. The van der Waals surface area contributed by atoms with Gasteiger partial charge in [0, 0.05) is 34.1 Å². The van der Waals surface area contributed by atoms with Crippen LogP contribution in [-0.2, 0) is 6.54 Å². The molecule has 0 radical (unpaired) electrons. The van der Waals surface area contributed by atoms with Gasteiger partial charge in [-0.3, -0.25) is 4.90 Å². The van der Waals surface area contributed by atoms with E-state index >= 15 is 0 Å². The van der Waals surface area contributed by atoms with Crippen LogP contribution in [0, 0.1) is 0 Å². The van der Waals surface area contributed by atoms with Crippen LogP contribution in [0.4, 0.5) is 0 Å². The zero-order valence-electron chi connectivity index (χ0n) is 10.6. The van der Waals surface area contributed by atoms with Crippen LogP contribution in [0.1, 0.15) is 17.7 Å². The molecule has 0 bridgehead atoms. The second-order valence-corrected chi connectivity index (χ2v) is 6.35. The Morgan fingerprint density at radius 2 is 2.16 bits per heavy atom. The molecule has 0 amide bonds. The van der Waals surface area contributed by atoms with Gasteiger partial charge in [-0.15, -0.1) is 23.7 Å². The molecule has 0 spiro atoms. The van der Waals surface area contributed by atoms with Crippen LogP contribution in [0.5, 0.6) is 0 Å². The van der Waals surface area contributed by atoms with Gasteiger partial charge in [0.1, 0.15) is 0 Å². The highest BCUT2D eigenvalue weighted by molar-refractivity contribution is 7.19. The summed E-state index contributed by atoms with van der Waals surface area (Å²) in [4.78, 5) is 3.74. The molecule has 19 heavy (non-hydrogen) atoms. The van der Waals surface area contributed by atoms with Crippen molar-refractivity contribution in [1.29, 1.82) is 0 Å². The normalized spacial score (nSPS) is 19.8. The maximum atomic E-state index is 6.48. The second-order valence-electron chi connectivity index (χ2n) is 4.84. The third-order valence-corrected chi connectivity index (χ3v) is 5.42. The Hall–Kier alpha value is -0.320. The number of hydrogen-bond acceptors (Lipinski definition) is 3. The Labute approximate surface area is 128 Å². The molecule has 3 rings (SSSR count). The first-order valence-electron chi connectivity index (χ1n) is 6.39. The first kappa shape index (κ1) is 15.1. The summed E-state index contributed by atoms with van der Waals surface area (Å²) in [5.74, 6) is 0. The standard InChI is InChI=1S/C14H17ClN2S.ClH/c15-14-11-5-1-2-6-12(11)18-13(14)9-17-7-3-4-10(17)8-16;/h1-2,5-6,10H,3-4,7-9,16H2;1H. The second kappa shape index (κ2) is 6.42. The Morgan fingerprint density at radius 3 is 2.89 bits per heavy atom. The molecule has 5 heteroatoms. The van der Waals surface area contributed by atoms with Gasteiger partial charge in [-0.25, -0.2) is 0 Å². The summed E-state index contributed by atoms with van der Waals surface area (Å²) in [5.41, 5.74) is 5.82. The molecule has 2 N–H and O–H groups in total. The Morgan fingerprint density at radius 1 is 1.37 bits per heavy atom. The minimum atomic E-state index is 0. The van der Waals surface area contributed by atoms with Gasteiger partial charge >= 0.3 is 0 Å². The quantitative estimate of drug-likeness (QED) is 0.930. The fraction of sp³-hybridized carbons (Fsp3) is 0.429. The van der Waals surface area contributed by atoms with Crippen LogP contribution in [0.3, 0.4) is 0 Å². The van der Waals surface area contributed by atoms with Crippen molar-refractivity contribution >= 4 is 45.4 Å². The van der Waals surface area contributed by atoms with Crippen LogP contribution >= 0.6 is 35.3 Å². The van der Waals surface area contributed by atoms with Gasteiger partial charge in [0.2, 0.25) is 0 Å². The largest absolute Gasteiger partial charge is 0.329 e. The van der Waals surface area contributed by atoms with Gasteiger partial charge in [0.25, 0.3) is 0 Å². The van der Waals surface area contributed by atoms with E-state index in [0.717, 1.165) is 24.7 Å². The van der Waals surface area contributed by atoms with Crippen LogP contribution in [-0.4, -0.2) is 24.0 Å². The SMILES string of the molecule is Cl.NCC1CCCN1Cc1sc2ccccc2c1Cl. The smallest absolute Gasteiger partial charge is 0.0637 e. The van der Waals surface area contributed by atoms with Gasteiger partial charge < -0.3 is 5.73 Å². The first-order valence-corrected chi connectivity index (χ1v) is 7.59. The van der Waals surface area contributed by atoms with Crippen molar-refractivity contribution in [2.24, 2.45) is 5.73 Å². The molecule has 1 unspecified atom stereocenters. The molecule has 1 aromatic heterocycles. The number of rotatable bonds is 3. The predicted molar refractivity (Wildman–Crippen MR) is 86.6 cm³/mol. The average molecular weight is 317 g/mol. The Kier molecular flexibility index (Phi) is 5.09. The monoisotopic (exact) mass is 316 g/mol. The fourth-order valence-corrected chi connectivity index (χ4v) is 4.24. The van der Waals surface area contributed by atoms with E-state index in [2.05, 4.69) is 23.1 Å². The third-order valence-electron chi connectivity index (χ3n) is 3.72. The van der Waals surface area contributed by atoms with E-state index in [9.17, 15) is 0 Å². The topological polar surface area (TPSA) is 29.3 Å². The summed E-state index contributed by atoms with van der Waals surface area (Å²) in [7, 11) is 0. The number of likely N-dealkylation sites (tertiary alicyclic amines) is 1. The highest BCUT2D eigenvalue weighted by atomic mass is 35.5. The maximum absolute atomic E-state index is 6.48. The minimum Gasteiger partial charge on any atom is -0.329 e. The molecule has 2 heterocycles. The molecular weight excluding hydrogens is 299 g/mol. The van der Waals surface area contributed by atoms with Crippen LogP contribution in [0.15, 0.2) is 24.3 Å². The van der Waals surface area contributed by atoms with Gasteiger partial charge in [-0.1, -0.05) is 29.8 Å². The number of hydrogen-bond donors (Lipinski definition) is 1. The summed E-state index contributed by atoms with van der Waals surface area (Å²) in [5, 5.41) is 2.11. The van der Waals surface area contributed by atoms with Gasteiger partial charge in [0.05, 0.1) is 5.02 Å². The average Bonchev–Trinajstić information content (AvgIpc) is 2.96. The Balaban J connectivity index is 0.00000133. The van der Waals surface area contributed by atoms with E-state index < -0.39 is 0 Å². The van der Waals surface area contributed by atoms with Crippen LogP contribution < -0.4 is 5.73 Å². The lowest BCUT2D eigenvalue weighted by Gasteiger charge is -2.22. The first-order chi connectivity index (χ1) is 8.79. The summed E-state index contributed by atoms with van der Waals surface area (Å²) in [6, 6.07) is 8.88. The lowest BCUT2D eigenvalue weighted by atomic mass is 10.2. The number of fused-ring (bicyclic) bond motifs is 1. The molecule has 0 aliphatic carbocycles.